The van der Waals surface area contributed by atoms with Crippen molar-refractivity contribution < 1.29 is 20.8 Å². The van der Waals surface area contributed by atoms with Crippen molar-refractivity contribution in [1.29, 1.82) is 0 Å². The molecule has 0 saturated heterocycles. The van der Waals surface area contributed by atoms with Crippen LogP contribution < -0.4 is 0 Å². The van der Waals surface area contributed by atoms with Crippen LogP contribution in [0.2, 0.25) is 13.1 Å². The van der Waals surface area contributed by atoms with E-state index < -0.39 is 20.8 Å². The van der Waals surface area contributed by atoms with Crippen molar-refractivity contribution in [2.24, 2.45) is 0 Å². The Balaban J connectivity index is 0.000000175. The number of hydrogen-bond donors (Lipinski definition) is 0. The van der Waals surface area contributed by atoms with Gasteiger partial charge in [-0.1, -0.05) is 136 Å². The summed E-state index contributed by atoms with van der Waals surface area (Å²) in [4.78, 5) is 0. The van der Waals surface area contributed by atoms with Gasteiger partial charge in [-0.25, -0.2) is 0 Å². The van der Waals surface area contributed by atoms with Crippen molar-refractivity contribution in [1.82, 2.24) is 0 Å². The molecular formula is C48H48Cl2SiZr. The summed E-state index contributed by atoms with van der Waals surface area (Å²) in [7, 11) is 11.0. The molecule has 0 nitrogen and oxygen atoms in total. The van der Waals surface area contributed by atoms with Gasteiger partial charge in [-0.3, -0.25) is 0 Å². The molecular weight excluding hydrogens is 767 g/mol. The fraction of sp³-hybridized carbons (Fsp3) is 0.208. The molecule has 8 aromatic carbocycles. The van der Waals surface area contributed by atoms with Gasteiger partial charge in [-0.15, -0.1) is 69.1 Å². The van der Waals surface area contributed by atoms with Crippen LogP contribution in [-0.4, -0.2) is 9.52 Å². The SMILES string of the molecule is CCCc1cc2c(-c3c(C)ccc4ccccc34)cccc2[cH-]1.CCCc1cc2c(-c3c(C)ccc4ccccc34)cccc2[cH-]1.C[Si]C.[Cl][Zr+2][Cl]. The van der Waals surface area contributed by atoms with E-state index in [0.29, 0.717) is 0 Å². The fourth-order valence-electron chi connectivity index (χ4n) is 7.37. The Labute approximate surface area is 332 Å². The van der Waals surface area contributed by atoms with E-state index >= 15 is 0 Å². The van der Waals surface area contributed by atoms with E-state index in [1.54, 1.807) is 0 Å². The maximum atomic E-state index is 4.93. The van der Waals surface area contributed by atoms with Gasteiger partial charge in [0.15, 0.2) is 0 Å². The van der Waals surface area contributed by atoms with E-state index in [1.807, 2.05) is 0 Å². The summed E-state index contributed by atoms with van der Waals surface area (Å²) in [5.41, 5.74) is 11.1. The molecule has 52 heavy (non-hydrogen) atoms. The van der Waals surface area contributed by atoms with Crippen molar-refractivity contribution in [2.45, 2.75) is 66.5 Å². The van der Waals surface area contributed by atoms with Gasteiger partial charge >= 0.3 is 37.9 Å². The zero-order valence-electron chi connectivity index (χ0n) is 31.3. The summed E-state index contributed by atoms with van der Waals surface area (Å²) >= 11 is -0.826. The second-order valence-corrected chi connectivity index (χ2v) is 18.1. The summed E-state index contributed by atoms with van der Waals surface area (Å²) in [6.07, 6.45) is 4.70. The monoisotopic (exact) mass is 812 g/mol. The molecule has 262 valence electrons. The van der Waals surface area contributed by atoms with Crippen molar-refractivity contribution in [3.05, 3.63) is 156 Å². The number of fused-ring (bicyclic) bond motifs is 4. The maximum absolute atomic E-state index is 4.93. The Morgan fingerprint density at radius 3 is 1.29 bits per heavy atom. The van der Waals surface area contributed by atoms with Crippen LogP contribution in [0.25, 0.3) is 65.3 Å². The van der Waals surface area contributed by atoms with E-state index in [4.69, 9.17) is 17.0 Å². The van der Waals surface area contributed by atoms with Crippen LogP contribution in [0.4, 0.5) is 0 Å². The minimum atomic E-state index is -0.826. The predicted octanol–water partition coefficient (Wildman–Crippen LogP) is 15.4. The topological polar surface area (TPSA) is 0 Å². The third kappa shape index (κ3) is 9.26. The molecule has 0 aliphatic carbocycles. The van der Waals surface area contributed by atoms with Gasteiger partial charge in [-0.05, 0) is 70.5 Å². The predicted molar refractivity (Wildman–Crippen MR) is 232 cm³/mol. The summed E-state index contributed by atoms with van der Waals surface area (Å²) in [6, 6.07) is 49.2. The van der Waals surface area contributed by atoms with E-state index in [1.165, 1.54) is 100 Å². The third-order valence-electron chi connectivity index (χ3n) is 9.51. The fourth-order valence-corrected chi connectivity index (χ4v) is 7.37. The number of benzene rings is 6. The van der Waals surface area contributed by atoms with Gasteiger partial charge in [0, 0.05) is 9.52 Å². The van der Waals surface area contributed by atoms with Crippen molar-refractivity contribution in [3.8, 4) is 22.3 Å². The van der Waals surface area contributed by atoms with E-state index in [9.17, 15) is 0 Å². The zero-order valence-corrected chi connectivity index (χ0v) is 36.3. The molecule has 0 heterocycles. The first kappa shape index (κ1) is 39.9. The molecule has 0 aliphatic heterocycles. The molecule has 4 heteroatoms. The summed E-state index contributed by atoms with van der Waals surface area (Å²) in [5.74, 6) is 0. The molecule has 0 fully saturated rings. The Hall–Kier alpha value is -3.26. The standard InChI is InChI=1S/2C23H21.C2H6Si.2ClH.Zr/c2*1-3-7-17-14-19-9-6-11-21(22(19)15-17)23-16(2)12-13-18-8-4-5-10-20(18)23;1-3-2;;;/h2*4-6,8-15H,3,7H2,1-2H3;1-2H3;2*1H;/q2*-1;;;;+4/p-2. The van der Waals surface area contributed by atoms with Crippen LogP contribution in [-0.2, 0) is 33.7 Å². The number of rotatable bonds is 6. The third-order valence-corrected chi connectivity index (χ3v) is 9.51. The van der Waals surface area contributed by atoms with Gasteiger partial charge in [0.2, 0.25) is 0 Å². The first-order valence-electron chi connectivity index (χ1n) is 18.3. The molecule has 0 saturated carbocycles. The van der Waals surface area contributed by atoms with Gasteiger partial charge < -0.3 is 0 Å². The molecule has 0 atom stereocenters. The normalized spacial score (nSPS) is 10.6. The average Bonchev–Trinajstić information content (AvgIpc) is 3.77. The molecule has 8 aromatic rings. The molecule has 0 spiro atoms. The number of aryl methyl sites for hydroxylation is 4. The summed E-state index contributed by atoms with van der Waals surface area (Å²) in [6.45, 7) is 13.2. The molecule has 0 aliphatic rings. The van der Waals surface area contributed by atoms with Gasteiger partial charge in [0.1, 0.15) is 0 Å². The van der Waals surface area contributed by atoms with Crippen LogP contribution >= 0.6 is 17.0 Å². The van der Waals surface area contributed by atoms with Crippen LogP contribution in [0.15, 0.2) is 133 Å². The van der Waals surface area contributed by atoms with Gasteiger partial charge in [-0.2, -0.15) is 12.1 Å². The second-order valence-electron chi connectivity index (χ2n) is 13.4. The second kappa shape index (κ2) is 19.7. The minimum absolute atomic E-state index is 0.826. The van der Waals surface area contributed by atoms with Crippen molar-refractivity contribution in [3.63, 3.8) is 0 Å². The summed E-state index contributed by atoms with van der Waals surface area (Å²) < 4.78 is 0. The van der Waals surface area contributed by atoms with Crippen molar-refractivity contribution >= 4 is 69.6 Å². The van der Waals surface area contributed by atoms with E-state index in [-0.39, 0.29) is 0 Å². The Bertz CT molecular complexity index is 2200. The number of halogens is 2. The molecule has 0 unspecified atom stereocenters. The molecule has 0 amide bonds. The average molecular weight is 815 g/mol. The quantitative estimate of drug-likeness (QED) is 0.116. The first-order chi connectivity index (χ1) is 25.4. The molecule has 0 aromatic heterocycles. The van der Waals surface area contributed by atoms with E-state index in [0.717, 1.165) is 22.4 Å². The van der Waals surface area contributed by atoms with Crippen molar-refractivity contribution in [2.75, 3.05) is 0 Å². The Kier molecular flexibility index (Phi) is 15.1. The number of hydrogen-bond acceptors (Lipinski definition) is 0. The Morgan fingerprint density at radius 1 is 0.519 bits per heavy atom. The molecule has 2 radical (unpaired) electrons. The van der Waals surface area contributed by atoms with Crippen LogP contribution in [0, 0.1) is 13.8 Å². The zero-order chi connectivity index (χ0) is 37.0. The van der Waals surface area contributed by atoms with Gasteiger partial charge in [0.05, 0.1) is 0 Å². The van der Waals surface area contributed by atoms with E-state index in [2.05, 4.69) is 174 Å². The Morgan fingerprint density at radius 2 is 0.904 bits per heavy atom. The van der Waals surface area contributed by atoms with Crippen LogP contribution in [0.5, 0.6) is 0 Å². The van der Waals surface area contributed by atoms with Crippen LogP contribution in [0.1, 0.15) is 48.9 Å². The van der Waals surface area contributed by atoms with Crippen LogP contribution in [0.3, 0.4) is 0 Å². The molecule has 8 rings (SSSR count). The molecule has 0 bridgehead atoms. The van der Waals surface area contributed by atoms with Gasteiger partial charge in [0.25, 0.3) is 0 Å². The first-order valence-corrected chi connectivity index (χ1v) is 26.6. The summed E-state index contributed by atoms with van der Waals surface area (Å²) in [5, 5.41) is 10.8. The molecule has 0 N–H and O–H groups in total.